The number of aryl methyl sites for hydroxylation is 1. The molecule has 2 heterocycles. The Bertz CT molecular complexity index is 457. The van der Waals surface area contributed by atoms with Crippen LogP contribution in [0.3, 0.4) is 0 Å². The Kier molecular flexibility index (Phi) is 3.59. The Labute approximate surface area is 105 Å². The Balaban J connectivity index is 2.11. The molecular formula is C11H16N4O3. The number of H-pyrrole nitrogens is 1. The molecule has 1 unspecified atom stereocenters. The summed E-state index contributed by atoms with van der Waals surface area (Å²) in [5.74, 6) is -0.000518. The molecule has 1 fully saturated rings. The van der Waals surface area contributed by atoms with Crippen LogP contribution in [0.15, 0.2) is 0 Å². The topological polar surface area (TPSA) is 88.2 Å². The highest BCUT2D eigenvalue weighted by molar-refractivity contribution is 5.94. The minimum atomic E-state index is -0.503. The van der Waals surface area contributed by atoms with Crippen molar-refractivity contribution < 1.29 is 14.3 Å². The van der Waals surface area contributed by atoms with Gasteiger partial charge in [-0.25, -0.2) is 9.78 Å². The van der Waals surface area contributed by atoms with E-state index in [-0.39, 0.29) is 17.7 Å². The molecule has 1 amide bonds. The fourth-order valence-corrected chi connectivity index (χ4v) is 2.06. The van der Waals surface area contributed by atoms with E-state index in [0.29, 0.717) is 25.4 Å². The summed E-state index contributed by atoms with van der Waals surface area (Å²) in [6, 6.07) is -0.503. The lowest BCUT2D eigenvalue weighted by atomic mass is 10.2. The number of aromatic nitrogens is 3. The van der Waals surface area contributed by atoms with Crippen LogP contribution in [0.1, 0.15) is 36.2 Å². The van der Waals surface area contributed by atoms with E-state index in [9.17, 15) is 9.59 Å². The maximum Gasteiger partial charge on any atom is 0.328 e. The quantitative estimate of drug-likeness (QED) is 0.781. The van der Waals surface area contributed by atoms with Gasteiger partial charge in [0.25, 0.3) is 5.91 Å². The molecule has 1 aromatic heterocycles. The first kappa shape index (κ1) is 12.5. The van der Waals surface area contributed by atoms with Gasteiger partial charge >= 0.3 is 5.97 Å². The molecule has 0 spiro atoms. The number of hydrogen-bond donors (Lipinski definition) is 1. The Morgan fingerprint density at radius 1 is 1.56 bits per heavy atom. The maximum absolute atomic E-state index is 12.2. The monoisotopic (exact) mass is 252 g/mol. The molecule has 2 rings (SSSR count). The lowest BCUT2D eigenvalue weighted by Gasteiger charge is -2.21. The van der Waals surface area contributed by atoms with Gasteiger partial charge in [0.15, 0.2) is 0 Å². The molecule has 1 aromatic rings. The zero-order valence-corrected chi connectivity index (χ0v) is 10.5. The van der Waals surface area contributed by atoms with Crippen molar-refractivity contribution in [1.82, 2.24) is 20.1 Å². The highest BCUT2D eigenvalue weighted by atomic mass is 16.5. The molecule has 7 nitrogen and oxygen atoms in total. The third kappa shape index (κ3) is 2.34. The van der Waals surface area contributed by atoms with Gasteiger partial charge in [-0.3, -0.25) is 9.89 Å². The van der Waals surface area contributed by atoms with Crippen LogP contribution in [0.25, 0.3) is 0 Å². The summed E-state index contributed by atoms with van der Waals surface area (Å²) in [7, 11) is 0. The largest absolute Gasteiger partial charge is 0.464 e. The van der Waals surface area contributed by atoms with E-state index in [1.54, 1.807) is 13.8 Å². The van der Waals surface area contributed by atoms with Crippen LogP contribution in [0.5, 0.6) is 0 Å². The van der Waals surface area contributed by atoms with Crippen LogP contribution in [0, 0.1) is 6.92 Å². The third-order valence-corrected chi connectivity index (χ3v) is 2.86. The molecule has 0 radical (unpaired) electrons. The van der Waals surface area contributed by atoms with E-state index in [2.05, 4.69) is 15.2 Å². The molecule has 0 bridgehead atoms. The van der Waals surface area contributed by atoms with Gasteiger partial charge in [0.2, 0.25) is 5.82 Å². The van der Waals surface area contributed by atoms with Gasteiger partial charge in [-0.2, -0.15) is 0 Å². The summed E-state index contributed by atoms with van der Waals surface area (Å²) >= 11 is 0. The molecule has 1 N–H and O–H groups in total. The van der Waals surface area contributed by atoms with Crippen LogP contribution >= 0.6 is 0 Å². The fraction of sp³-hybridized carbons (Fsp3) is 0.636. The molecule has 18 heavy (non-hydrogen) atoms. The van der Waals surface area contributed by atoms with Crippen molar-refractivity contribution in [1.29, 1.82) is 0 Å². The first-order valence-corrected chi connectivity index (χ1v) is 6.00. The summed E-state index contributed by atoms with van der Waals surface area (Å²) in [5.41, 5.74) is 0. The number of esters is 1. The molecule has 1 aliphatic rings. The van der Waals surface area contributed by atoms with Crippen LogP contribution in [-0.2, 0) is 9.53 Å². The molecule has 0 aromatic carbocycles. The van der Waals surface area contributed by atoms with E-state index in [1.165, 1.54) is 4.90 Å². The van der Waals surface area contributed by atoms with Gasteiger partial charge < -0.3 is 9.64 Å². The second-order valence-electron chi connectivity index (χ2n) is 4.15. The summed E-state index contributed by atoms with van der Waals surface area (Å²) < 4.78 is 4.97. The van der Waals surface area contributed by atoms with Crippen LogP contribution in [0.4, 0.5) is 0 Å². The summed E-state index contributed by atoms with van der Waals surface area (Å²) in [4.78, 5) is 29.4. The normalized spacial score (nSPS) is 19.0. The summed E-state index contributed by atoms with van der Waals surface area (Å²) in [6.45, 7) is 4.32. The third-order valence-electron chi connectivity index (χ3n) is 2.86. The lowest BCUT2D eigenvalue weighted by molar-refractivity contribution is -0.147. The molecule has 1 aliphatic heterocycles. The molecule has 0 saturated carbocycles. The summed E-state index contributed by atoms with van der Waals surface area (Å²) in [6.07, 6.45) is 1.42. The predicted molar refractivity (Wildman–Crippen MR) is 61.8 cm³/mol. The van der Waals surface area contributed by atoms with Crippen molar-refractivity contribution in [3.05, 3.63) is 11.6 Å². The second-order valence-corrected chi connectivity index (χ2v) is 4.15. The van der Waals surface area contributed by atoms with Crippen molar-refractivity contribution in [2.24, 2.45) is 0 Å². The Morgan fingerprint density at radius 3 is 2.94 bits per heavy atom. The molecular weight excluding hydrogens is 236 g/mol. The van der Waals surface area contributed by atoms with E-state index < -0.39 is 6.04 Å². The fourth-order valence-electron chi connectivity index (χ4n) is 2.06. The molecule has 7 heteroatoms. The minimum absolute atomic E-state index is 0.101. The number of nitrogens with one attached hydrogen (secondary N) is 1. The standard InChI is InChI=1S/C11H16N4O3/c1-3-18-11(17)8-5-4-6-15(8)10(16)9-12-7(2)13-14-9/h8H,3-6H2,1-2H3,(H,12,13,14). The molecule has 0 aliphatic carbocycles. The van der Waals surface area contributed by atoms with Gasteiger partial charge in [0, 0.05) is 6.54 Å². The number of carbonyl (C=O) groups excluding carboxylic acids is 2. The number of rotatable bonds is 3. The van der Waals surface area contributed by atoms with Crippen molar-refractivity contribution in [3.63, 3.8) is 0 Å². The van der Waals surface area contributed by atoms with Crippen molar-refractivity contribution >= 4 is 11.9 Å². The van der Waals surface area contributed by atoms with Crippen LogP contribution < -0.4 is 0 Å². The second kappa shape index (κ2) is 5.16. The van der Waals surface area contributed by atoms with Crippen molar-refractivity contribution in [3.8, 4) is 0 Å². The first-order chi connectivity index (χ1) is 8.63. The van der Waals surface area contributed by atoms with Gasteiger partial charge in [0.05, 0.1) is 6.61 Å². The average Bonchev–Trinajstić information content (AvgIpc) is 2.96. The number of carbonyl (C=O) groups is 2. The highest BCUT2D eigenvalue weighted by Gasteiger charge is 2.36. The smallest absolute Gasteiger partial charge is 0.328 e. The van der Waals surface area contributed by atoms with Crippen molar-refractivity contribution in [2.45, 2.75) is 32.7 Å². The predicted octanol–water partition coefficient (Wildman–Crippen LogP) is 0.281. The number of hydrogen-bond acceptors (Lipinski definition) is 5. The zero-order chi connectivity index (χ0) is 13.1. The number of aromatic amines is 1. The number of ether oxygens (including phenoxy) is 1. The maximum atomic E-state index is 12.2. The lowest BCUT2D eigenvalue weighted by Crippen LogP contribution is -2.41. The minimum Gasteiger partial charge on any atom is -0.464 e. The van der Waals surface area contributed by atoms with Crippen LogP contribution in [0.2, 0.25) is 0 Å². The van der Waals surface area contributed by atoms with E-state index in [4.69, 9.17) is 4.74 Å². The van der Waals surface area contributed by atoms with Gasteiger partial charge in [0.1, 0.15) is 11.9 Å². The first-order valence-electron chi connectivity index (χ1n) is 6.00. The molecule has 98 valence electrons. The van der Waals surface area contributed by atoms with Crippen LogP contribution in [-0.4, -0.2) is 51.2 Å². The SMILES string of the molecule is CCOC(=O)C1CCCN1C(=O)c1n[nH]c(C)n1. The Morgan fingerprint density at radius 2 is 2.33 bits per heavy atom. The molecule has 1 atom stereocenters. The van der Waals surface area contributed by atoms with Gasteiger partial charge in [-0.05, 0) is 26.7 Å². The van der Waals surface area contributed by atoms with Crippen molar-refractivity contribution in [2.75, 3.05) is 13.2 Å². The van der Waals surface area contributed by atoms with Gasteiger partial charge in [-0.15, -0.1) is 5.10 Å². The number of nitrogens with zero attached hydrogens (tertiary/aromatic N) is 3. The Hall–Kier alpha value is -1.92. The summed E-state index contributed by atoms with van der Waals surface area (Å²) in [5, 5.41) is 6.44. The number of amides is 1. The zero-order valence-electron chi connectivity index (χ0n) is 10.5. The molecule has 1 saturated heterocycles. The number of likely N-dealkylation sites (tertiary alicyclic amines) is 1. The van der Waals surface area contributed by atoms with Gasteiger partial charge in [-0.1, -0.05) is 0 Å². The van der Waals surface area contributed by atoms with E-state index >= 15 is 0 Å². The van der Waals surface area contributed by atoms with E-state index in [1.807, 2.05) is 0 Å². The highest BCUT2D eigenvalue weighted by Crippen LogP contribution is 2.20. The van der Waals surface area contributed by atoms with E-state index in [0.717, 1.165) is 6.42 Å². The average molecular weight is 252 g/mol.